The van der Waals surface area contributed by atoms with E-state index in [-0.39, 0.29) is 35.1 Å². The first-order chi connectivity index (χ1) is 17.0. The molecule has 0 spiro atoms. The lowest BCUT2D eigenvalue weighted by Crippen LogP contribution is -2.61. The van der Waals surface area contributed by atoms with E-state index in [1.165, 1.54) is 24.6 Å². The molecule has 2 saturated heterocycles. The summed E-state index contributed by atoms with van der Waals surface area (Å²) >= 11 is 0. The second-order valence-electron chi connectivity index (χ2n) is 10.3. The summed E-state index contributed by atoms with van der Waals surface area (Å²) in [7, 11) is 0. The molecule has 1 aromatic rings. The number of hydrogen-bond donors (Lipinski definition) is 2. The van der Waals surface area contributed by atoms with Gasteiger partial charge in [0.05, 0.1) is 5.56 Å². The van der Waals surface area contributed by atoms with Gasteiger partial charge >= 0.3 is 0 Å². The third-order valence-corrected chi connectivity index (χ3v) is 8.15. The van der Waals surface area contributed by atoms with E-state index in [0.29, 0.717) is 31.9 Å². The van der Waals surface area contributed by atoms with Crippen molar-refractivity contribution in [3.8, 4) is 5.75 Å². The topological polar surface area (TPSA) is 91.0 Å². The minimum atomic E-state index is -0.594. The molecule has 3 atom stereocenters. The van der Waals surface area contributed by atoms with E-state index in [1.807, 2.05) is 4.90 Å². The summed E-state index contributed by atoms with van der Waals surface area (Å²) in [6.07, 6.45) is 8.68. The Bertz CT molecular complexity index is 959. The van der Waals surface area contributed by atoms with Crippen LogP contribution in [0.1, 0.15) is 68.1 Å². The highest BCUT2D eigenvalue weighted by Gasteiger charge is 2.41. The maximum absolute atomic E-state index is 14.7. The summed E-state index contributed by atoms with van der Waals surface area (Å²) in [6.45, 7) is 1.74. The number of carbonyl (C=O) groups excluding carboxylic acids is 3. The van der Waals surface area contributed by atoms with Crippen molar-refractivity contribution in [1.82, 2.24) is 20.7 Å². The molecule has 2 aliphatic carbocycles. The van der Waals surface area contributed by atoms with E-state index in [0.717, 1.165) is 51.4 Å². The van der Waals surface area contributed by atoms with Crippen molar-refractivity contribution in [3.63, 3.8) is 0 Å². The van der Waals surface area contributed by atoms with Crippen molar-refractivity contribution in [1.29, 1.82) is 0 Å². The van der Waals surface area contributed by atoms with Gasteiger partial charge in [-0.3, -0.25) is 19.8 Å². The highest BCUT2D eigenvalue weighted by Crippen LogP contribution is 2.35. The Morgan fingerprint density at radius 3 is 2.37 bits per heavy atom. The fourth-order valence-electron chi connectivity index (χ4n) is 6.10. The van der Waals surface area contributed by atoms with Gasteiger partial charge in [0.15, 0.2) is 6.23 Å². The summed E-state index contributed by atoms with van der Waals surface area (Å²) in [5.41, 5.74) is 5.60. The number of hydrazine groups is 1. The second-order valence-corrected chi connectivity index (χ2v) is 10.3. The molecule has 3 unspecified atom stereocenters. The molecule has 0 aromatic heterocycles. The molecule has 4 fully saturated rings. The number of nitrogens with one attached hydrogen (secondary N) is 2. The first kappa shape index (κ1) is 24.0. The van der Waals surface area contributed by atoms with E-state index in [9.17, 15) is 18.8 Å². The zero-order valence-corrected chi connectivity index (χ0v) is 20.1. The number of nitrogens with zero attached hydrogens (tertiary/aromatic N) is 2. The van der Waals surface area contributed by atoms with Gasteiger partial charge in [-0.15, -0.1) is 0 Å². The maximum Gasteiger partial charge on any atom is 0.257 e. The van der Waals surface area contributed by atoms with E-state index in [2.05, 4.69) is 10.9 Å². The van der Waals surface area contributed by atoms with Crippen molar-refractivity contribution in [2.24, 2.45) is 17.8 Å². The highest BCUT2D eigenvalue weighted by atomic mass is 19.1. The quantitative estimate of drug-likeness (QED) is 0.683. The predicted molar refractivity (Wildman–Crippen MR) is 127 cm³/mol. The van der Waals surface area contributed by atoms with Crippen molar-refractivity contribution < 1.29 is 23.5 Å². The molecule has 0 bridgehead atoms. The van der Waals surface area contributed by atoms with Gasteiger partial charge in [-0.1, -0.05) is 32.1 Å². The lowest BCUT2D eigenvalue weighted by atomic mass is 9.77. The largest absolute Gasteiger partial charge is 0.473 e. The molecule has 0 radical (unpaired) electrons. The average Bonchev–Trinajstić information content (AvgIpc) is 2.91. The number of ether oxygens (including phenoxy) is 1. The summed E-state index contributed by atoms with van der Waals surface area (Å²) in [4.78, 5) is 41.7. The molecular weight excluding hydrogens is 451 g/mol. The Labute approximate surface area is 205 Å². The van der Waals surface area contributed by atoms with Gasteiger partial charge in [0.1, 0.15) is 11.6 Å². The van der Waals surface area contributed by atoms with Gasteiger partial charge in [-0.05, 0) is 43.9 Å². The van der Waals surface area contributed by atoms with Crippen LogP contribution in [-0.2, 0) is 9.59 Å². The molecule has 35 heavy (non-hydrogen) atoms. The first-order valence-corrected chi connectivity index (χ1v) is 13.1. The van der Waals surface area contributed by atoms with Crippen molar-refractivity contribution in [3.05, 3.63) is 29.6 Å². The number of fused-ring (bicyclic) bond motifs is 1. The van der Waals surface area contributed by atoms with Gasteiger partial charge < -0.3 is 14.5 Å². The number of halogens is 1. The van der Waals surface area contributed by atoms with Gasteiger partial charge in [-0.25, -0.2) is 4.39 Å². The van der Waals surface area contributed by atoms with Gasteiger partial charge in [0, 0.05) is 43.9 Å². The number of hydrogen-bond acceptors (Lipinski definition) is 5. The van der Waals surface area contributed by atoms with Crippen LogP contribution >= 0.6 is 0 Å². The van der Waals surface area contributed by atoms with Crippen LogP contribution in [0.2, 0.25) is 0 Å². The molecule has 3 amide bonds. The molecule has 2 saturated carbocycles. The molecular formula is C26H35FN4O4. The van der Waals surface area contributed by atoms with E-state index in [1.54, 1.807) is 4.90 Å². The van der Waals surface area contributed by atoms with Crippen molar-refractivity contribution >= 4 is 17.7 Å². The Morgan fingerprint density at radius 1 is 0.914 bits per heavy atom. The Morgan fingerprint density at radius 2 is 1.60 bits per heavy atom. The van der Waals surface area contributed by atoms with Gasteiger partial charge in [0.25, 0.3) is 5.91 Å². The van der Waals surface area contributed by atoms with E-state index < -0.39 is 18.0 Å². The summed E-state index contributed by atoms with van der Waals surface area (Å²) in [6, 6.07) is 4.22. The Hall–Kier alpha value is -2.68. The van der Waals surface area contributed by atoms with Crippen LogP contribution < -0.4 is 15.6 Å². The normalized spacial score (nSPS) is 27.7. The van der Waals surface area contributed by atoms with Crippen LogP contribution in [0.4, 0.5) is 4.39 Å². The van der Waals surface area contributed by atoms with Crippen molar-refractivity contribution in [2.45, 2.75) is 64.0 Å². The van der Waals surface area contributed by atoms with Gasteiger partial charge in [0.2, 0.25) is 11.8 Å². The van der Waals surface area contributed by atoms with Crippen LogP contribution in [0.15, 0.2) is 18.2 Å². The molecule has 9 heteroatoms. The third kappa shape index (κ3) is 5.15. The smallest absolute Gasteiger partial charge is 0.257 e. The summed E-state index contributed by atoms with van der Waals surface area (Å²) in [5, 5.41) is 0. The molecule has 2 heterocycles. The number of benzene rings is 1. The van der Waals surface area contributed by atoms with Crippen LogP contribution in [0.5, 0.6) is 5.75 Å². The summed E-state index contributed by atoms with van der Waals surface area (Å²) in [5.74, 6) is -0.350. The fraction of sp³-hybridized carbons (Fsp3) is 0.654. The number of piperazine rings is 1. The standard InChI is InChI=1S/C26H35FN4O4/c27-22-11-10-18(35-24-20-9-5-4-8-19(20)23(32)28-29-24)16-21(22)26(34)31-14-12-30(13-15-31)25(33)17-6-2-1-3-7-17/h10-11,16-17,19-20,24,29H,1-9,12-15H2,(H,28,32). The molecule has 8 nitrogen and oxygen atoms in total. The molecule has 2 aliphatic heterocycles. The van der Waals surface area contributed by atoms with Crippen LogP contribution in [0.3, 0.4) is 0 Å². The SMILES string of the molecule is O=C1NNC(Oc2ccc(F)c(C(=O)N3CCN(C(=O)C4CCCCC4)CC3)c2)C2CCCCC12. The lowest BCUT2D eigenvalue weighted by Gasteiger charge is -2.40. The number of rotatable bonds is 4. The Kier molecular flexibility index (Phi) is 7.22. The van der Waals surface area contributed by atoms with Crippen LogP contribution in [0, 0.1) is 23.6 Å². The molecule has 190 valence electrons. The zero-order chi connectivity index (χ0) is 24.4. The number of amides is 3. The van der Waals surface area contributed by atoms with Crippen LogP contribution in [0.25, 0.3) is 0 Å². The second kappa shape index (κ2) is 10.5. The minimum Gasteiger partial charge on any atom is -0.473 e. The fourth-order valence-corrected chi connectivity index (χ4v) is 6.10. The molecule has 4 aliphatic rings. The highest BCUT2D eigenvalue weighted by molar-refractivity contribution is 5.95. The molecule has 5 rings (SSSR count). The van der Waals surface area contributed by atoms with E-state index >= 15 is 0 Å². The lowest BCUT2D eigenvalue weighted by molar-refractivity contribution is -0.139. The van der Waals surface area contributed by atoms with Crippen LogP contribution in [-0.4, -0.2) is 59.9 Å². The third-order valence-electron chi connectivity index (χ3n) is 8.15. The van der Waals surface area contributed by atoms with E-state index in [4.69, 9.17) is 4.74 Å². The Balaban J connectivity index is 1.21. The summed E-state index contributed by atoms with van der Waals surface area (Å²) < 4.78 is 20.8. The first-order valence-electron chi connectivity index (χ1n) is 13.1. The monoisotopic (exact) mass is 486 g/mol. The van der Waals surface area contributed by atoms with Crippen molar-refractivity contribution in [2.75, 3.05) is 26.2 Å². The maximum atomic E-state index is 14.7. The average molecular weight is 487 g/mol. The predicted octanol–water partition coefficient (Wildman–Crippen LogP) is 2.84. The molecule has 1 aromatic carbocycles. The van der Waals surface area contributed by atoms with Gasteiger partial charge in [-0.2, -0.15) is 5.43 Å². The zero-order valence-electron chi connectivity index (χ0n) is 20.1. The number of carbonyl (C=O) groups is 3. The minimum absolute atomic E-state index is 0.00867. The molecule has 2 N–H and O–H groups in total.